The maximum Gasteiger partial charge on any atom is 0.440 e. The lowest BCUT2D eigenvalue weighted by Crippen LogP contribution is -2.03. The summed E-state index contributed by atoms with van der Waals surface area (Å²) in [6.07, 6.45) is 0. The average molecular weight is 356 g/mol. The predicted octanol–water partition coefficient (Wildman–Crippen LogP) is 6.09. The second-order valence-corrected chi connectivity index (χ2v) is 8.39. The van der Waals surface area contributed by atoms with E-state index in [2.05, 4.69) is 0 Å². The molecule has 3 rings (SSSR count). The summed E-state index contributed by atoms with van der Waals surface area (Å²) >= 11 is 1.45. The molecule has 0 atom stereocenters. The van der Waals surface area contributed by atoms with Crippen molar-refractivity contribution in [2.24, 2.45) is 0 Å². The first-order valence-electron chi connectivity index (χ1n) is 7.50. The fraction of sp³-hybridized carbons (Fsp3) is 0.0526. The van der Waals surface area contributed by atoms with E-state index in [1.807, 2.05) is 66.7 Å². The van der Waals surface area contributed by atoms with E-state index in [0.717, 1.165) is 4.90 Å². The van der Waals surface area contributed by atoms with Crippen LogP contribution in [-0.4, -0.2) is 5.49 Å². The molecule has 0 heterocycles. The van der Waals surface area contributed by atoms with Crippen LogP contribution in [0.15, 0.2) is 95.9 Å². The molecule has 0 aliphatic carbocycles. The van der Waals surface area contributed by atoms with Gasteiger partial charge in [-0.2, -0.15) is 0 Å². The zero-order valence-electron chi connectivity index (χ0n) is 12.9. The average Bonchev–Trinajstić information content (AvgIpc) is 2.63. The van der Waals surface area contributed by atoms with Gasteiger partial charge in [-0.25, -0.2) is 4.57 Å². The van der Waals surface area contributed by atoms with Crippen LogP contribution in [0.3, 0.4) is 0 Å². The van der Waals surface area contributed by atoms with E-state index in [4.69, 9.17) is 9.05 Å². The highest BCUT2D eigenvalue weighted by molar-refractivity contribution is 8.04. The third-order valence-corrected chi connectivity index (χ3v) is 6.47. The van der Waals surface area contributed by atoms with Crippen LogP contribution in [0.5, 0.6) is 11.5 Å². The molecule has 0 saturated carbocycles. The minimum atomic E-state index is -3.37. The molecule has 0 N–H and O–H groups in total. The van der Waals surface area contributed by atoms with Crippen molar-refractivity contribution in [2.45, 2.75) is 4.90 Å². The second-order valence-electron chi connectivity index (χ2n) is 5.01. The summed E-state index contributed by atoms with van der Waals surface area (Å²) in [4.78, 5) is 1.02. The van der Waals surface area contributed by atoms with Crippen LogP contribution in [0.1, 0.15) is 0 Å². The zero-order valence-corrected chi connectivity index (χ0v) is 14.7. The maximum absolute atomic E-state index is 13.3. The predicted molar refractivity (Wildman–Crippen MR) is 98.9 cm³/mol. The van der Waals surface area contributed by atoms with Crippen molar-refractivity contribution in [3.05, 3.63) is 91.0 Å². The van der Waals surface area contributed by atoms with Crippen molar-refractivity contribution in [2.75, 3.05) is 5.49 Å². The molecule has 24 heavy (non-hydrogen) atoms. The van der Waals surface area contributed by atoms with E-state index >= 15 is 0 Å². The van der Waals surface area contributed by atoms with Crippen LogP contribution in [0, 0.1) is 0 Å². The summed E-state index contributed by atoms with van der Waals surface area (Å²) in [7, 11) is -3.37. The van der Waals surface area contributed by atoms with Crippen molar-refractivity contribution < 1.29 is 13.6 Å². The molecule has 3 nitrogen and oxygen atoms in total. The van der Waals surface area contributed by atoms with Gasteiger partial charge in [-0.05, 0) is 36.4 Å². The Balaban J connectivity index is 1.78. The van der Waals surface area contributed by atoms with Crippen LogP contribution in [0.2, 0.25) is 0 Å². The van der Waals surface area contributed by atoms with Gasteiger partial charge in [0.15, 0.2) is 0 Å². The molecule has 0 aliphatic heterocycles. The number of hydrogen-bond donors (Lipinski definition) is 0. The van der Waals surface area contributed by atoms with Crippen LogP contribution in [0.4, 0.5) is 0 Å². The number of benzene rings is 3. The van der Waals surface area contributed by atoms with Crippen molar-refractivity contribution in [1.82, 2.24) is 0 Å². The first-order chi connectivity index (χ1) is 11.7. The molecule has 5 heteroatoms. The number of hydrogen-bond acceptors (Lipinski definition) is 4. The molecular weight excluding hydrogens is 339 g/mol. The minimum Gasteiger partial charge on any atom is -0.416 e. The summed E-state index contributed by atoms with van der Waals surface area (Å²) in [5, 5.41) is 0. The molecule has 0 bridgehead atoms. The zero-order chi connectivity index (χ0) is 16.7. The third kappa shape index (κ3) is 4.92. The number of rotatable bonds is 7. The van der Waals surface area contributed by atoms with Crippen molar-refractivity contribution in [1.29, 1.82) is 0 Å². The summed E-state index contributed by atoms with van der Waals surface area (Å²) in [5.74, 6) is 1.07. The highest BCUT2D eigenvalue weighted by Crippen LogP contribution is 2.52. The SMILES string of the molecule is O=P(CSc1ccccc1)(Oc1ccccc1)Oc1ccccc1. The Bertz CT molecular complexity index is 749. The first kappa shape index (κ1) is 16.7. The monoisotopic (exact) mass is 356 g/mol. The van der Waals surface area contributed by atoms with E-state index in [-0.39, 0.29) is 5.49 Å². The van der Waals surface area contributed by atoms with Gasteiger partial charge in [0.2, 0.25) is 0 Å². The van der Waals surface area contributed by atoms with Crippen molar-refractivity contribution >= 4 is 19.4 Å². The van der Waals surface area contributed by atoms with Gasteiger partial charge in [-0.1, -0.05) is 54.6 Å². The van der Waals surface area contributed by atoms with Gasteiger partial charge >= 0.3 is 7.60 Å². The second kappa shape index (κ2) is 8.09. The molecule has 0 spiro atoms. The number of para-hydroxylation sites is 2. The molecular formula is C19H17O3PS. The van der Waals surface area contributed by atoms with Gasteiger partial charge in [0.25, 0.3) is 0 Å². The highest BCUT2D eigenvalue weighted by atomic mass is 32.2. The Labute approximate surface area is 146 Å². The minimum absolute atomic E-state index is 0.223. The summed E-state index contributed by atoms with van der Waals surface area (Å²) in [5.41, 5.74) is 0.223. The Morgan fingerprint density at radius 1 is 0.667 bits per heavy atom. The van der Waals surface area contributed by atoms with Gasteiger partial charge in [-0.3, -0.25) is 0 Å². The Morgan fingerprint density at radius 2 is 1.08 bits per heavy atom. The fourth-order valence-electron chi connectivity index (χ4n) is 2.03. The molecule has 0 amide bonds. The van der Waals surface area contributed by atoms with Gasteiger partial charge in [-0.15, -0.1) is 11.8 Å². The van der Waals surface area contributed by atoms with Gasteiger partial charge < -0.3 is 9.05 Å². The molecule has 0 saturated heterocycles. The number of thioether (sulfide) groups is 1. The highest BCUT2D eigenvalue weighted by Gasteiger charge is 2.28. The summed E-state index contributed by atoms with van der Waals surface area (Å²) in [6.45, 7) is 0. The normalized spacial score (nSPS) is 11.0. The van der Waals surface area contributed by atoms with E-state index in [1.165, 1.54) is 11.8 Å². The fourth-order valence-corrected chi connectivity index (χ4v) is 4.95. The molecule has 3 aromatic rings. The van der Waals surface area contributed by atoms with E-state index in [9.17, 15) is 4.57 Å². The maximum atomic E-state index is 13.3. The quantitative estimate of drug-likeness (QED) is 0.379. The Kier molecular flexibility index (Phi) is 5.63. The Hall–Kier alpha value is -2.16. The molecule has 0 unspecified atom stereocenters. The smallest absolute Gasteiger partial charge is 0.416 e. The van der Waals surface area contributed by atoms with Crippen molar-refractivity contribution in [3.8, 4) is 11.5 Å². The third-order valence-electron chi connectivity index (χ3n) is 3.11. The molecule has 0 aromatic heterocycles. The lowest BCUT2D eigenvalue weighted by molar-refractivity contribution is 0.392. The van der Waals surface area contributed by atoms with Gasteiger partial charge in [0.05, 0.1) is 0 Å². The van der Waals surface area contributed by atoms with Gasteiger partial charge in [0, 0.05) is 4.90 Å². The summed E-state index contributed by atoms with van der Waals surface area (Å²) in [6, 6.07) is 28.0. The van der Waals surface area contributed by atoms with Crippen LogP contribution in [0.25, 0.3) is 0 Å². The molecule has 0 radical (unpaired) electrons. The topological polar surface area (TPSA) is 35.5 Å². The molecule has 3 aromatic carbocycles. The summed E-state index contributed by atoms with van der Waals surface area (Å²) < 4.78 is 24.7. The molecule has 122 valence electrons. The van der Waals surface area contributed by atoms with E-state index < -0.39 is 7.60 Å². The lowest BCUT2D eigenvalue weighted by atomic mass is 10.3. The largest absolute Gasteiger partial charge is 0.440 e. The van der Waals surface area contributed by atoms with Gasteiger partial charge in [0.1, 0.15) is 17.0 Å². The molecule has 0 fully saturated rings. The first-order valence-corrected chi connectivity index (χ1v) is 10.2. The Morgan fingerprint density at radius 3 is 1.54 bits per heavy atom. The van der Waals surface area contributed by atoms with Crippen LogP contribution >= 0.6 is 19.4 Å². The van der Waals surface area contributed by atoms with Crippen LogP contribution < -0.4 is 9.05 Å². The molecule has 0 aliphatic rings. The van der Waals surface area contributed by atoms with Crippen LogP contribution in [-0.2, 0) is 4.57 Å². The van der Waals surface area contributed by atoms with Crippen molar-refractivity contribution in [3.63, 3.8) is 0 Å². The van der Waals surface area contributed by atoms with E-state index in [0.29, 0.717) is 11.5 Å². The lowest BCUT2D eigenvalue weighted by Gasteiger charge is -2.19. The van der Waals surface area contributed by atoms with E-state index in [1.54, 1.807) is 24.3 Å². The standard InChI is InChI=1S/C19H17O3PS/c20-23(21-17-10-4-1-5-11-17,22-18-12-6-2-7-13-18)16-24-19-14-8-3-9-15-19/h1-15H,16H2.